The highest BCUT2D eigenvalue weighted by atomic mass is 15.2. The topological polar surface area (TPSA) is 44.3 Å². The van der Waals surface area contributed by atoms with Crippen molar-refractivity contribution in [3.63, 3.8) is 0 Å². The monoisotopic (exact) mass is 263 g/mol. The Balaban J connectivity index is 2.07. The maximum Gasteiger partial charge on any atom is 0.224 e. The van der Waals surface area contributed by atoms with Crippen LogP contribution in [-0.2, 0) is 0 Å². The number of anilines is 2. The molecule has 0 aliphatic carbocycles. The van der Waals surface area contributed by atoms with E-state index in [-0.39, 0.29) is 0 Å². The molecular weight excluding hydrogens is 238 g/mol. The van der Waals surface area contributed by atoms with Gasteiger partial charge in [-0.05, 0) is 26.3 Å². The van der Waals surface area contributed by atoms with Gasteiger partial charge in [0.05, 0.1) is 0 Å². The van der Waals surface area contributed by atoms with E-state index in [0.29, 0.717) is 12.0 Å². The second-order valence-corrected chi connectivity index (χ2v) is 5.22. The van der Waals surface area contributed by atoms with Gasteiger partial charge in [0, 0.05) is 45.0 Å². The second kappa shape index (κ2) is 6.19. The number of hydrogen-bond acceptors (Lipinski definition) is 5. The summed E-state index contributed by atoms with van der Waals surface area (Å²) in [5.74, 6) is 1.72. The summed E-state index contributed by atoms with van der Waals surface area (Å²) in [6, 6.07) is 2.65. The second-order valence-electron chi connectivity index (χ2n) is 5.22. The van der Waals surface area contributed by atoms with Gasteiger partial charge in [-0.2, -0.15) is 4.98 Å². The molecule has 1 aliphatic heterocycles. The Hall–Kier alpha value is -1.36. The van der Waals surface area contributed by atoms with Crippen LogP contribution in [0.2, 0.25) is 0 Å². The van der Waals surface area contributed by atoms with Crippen molar-refractivity contribution in [2.24, 2.45) is 0 Å². The van der Waals surface area contributed by atoms with E-state index in [1.165, 1.54) is 25.9 Å². The molecule has 0 unspecified atom stereocenters. The predicted molar refractivity (Wildman–Crippen MR) is 79.9 cm³/mol. The number of nitrogens with zero attached hydrogens (tertiary/aromatic N) is 4. The van der Waals surface area contributed by atoms with Crippen LogP contribution in [0.5, 0.6) is 0 Å². The zero-order valence-electron chi connectivity index (χ0n) is 12.5. The average Bonchev–Trinajstić information content (AvgIpc) is 2.46. The van der Waals surface area contributed by atoms with Crippen LogP contribution in [-0.4, -0.2) is 54.6 Å². The number of aromatic nitrogens is 2. The summed E-state index contributed by atoms with van der Waals surface area (Å²) in [6.45, 7) is 7.78. The highest BCUT2D eigenvalue weighted by molar-refractivity contribution is 5.44. The molecule has 5 heteroatoms. The van der Waals surface area contributed by atoms with Gasteiger partial charge < -0.3 is 15.1 Å². The Morgan fingerprint density at radius 1 is 1.37 bits per heavy atom. The number of likely N-dealkylation sites (tertiary alicyclic amines) is 1. The van der Waals surface area contributed by atoms with Gasteiger partial charge in [-0.1, -0.05) is 6.92 Å². The van der Waals surface area contributed by atoms with Crippen LogP contribution in [0.25, 0.3) is 0 Å². The molecule has 0 amide bonds. The normalized spacial score (nSPS) is 17.5. The molecule has 0 aromatic carbocycles. The maximum atomic E-state index is 4.56. The van der Waals surface area contributed by atoms with Crippen LogP contribution in [0.4, 0.5) is 11.8 Å². The van der Waals surface area contributed by atoms with Gasteiger partial charge in [-0.25, -0.2) is 4.98 Å². The van der Waals surface area contributed by atoms with E-state index in [9.17, 15) is 0 Å². The maximum absolute atomic E-state index is 4.56. The fourth-order valence-corrected chi connectivity index (χ4v) is 2.65. The number of nitrogens with one attached hydrogen (secondary N) is 1. The highest BCUT2D eigenvalue weighted by Crippen LogP contribution is 2.21. The molecule has 1 fully saturated rings. The van der Waals surface area contributed by atoms with Crippen LogP contribution in [0.15, 0.2) is 6.07 Å². The summed E-state index contributed by atoms with van der Waals surface area (Å²) < 4.78 is 0. The Bertz CT molecular complexity index is 412. The first-order valence-corrected chi connectivity index (χ1v) is 7.12. The molecule has 0 radical (unpaired) electrons. The lowest BCUT2D eigenvalue weighted by Gasteiger charge is -2.37. The lowest BCUT2D eigenvalue weighted by atomic mass is 10.0. The third kappa shape index (κ3) is 3.35. The Morgan fingerprint density at radius 2 is 2.05 bits per heavy atom. The largest absolute Gasteiger partial charge is 0.357 e. The molecule has 1 aromatic rings. The van der Waals surface area contributed by atoms with Crippen molar-refractivity contribution >= 4 is 11.8 Å². The van der Waals surface area contributed by atoms with Gasteiger partial charge in [0.25, 0.3) is 0 Å². The Kier molecular flexibility index (Phi) is 4.58. The zero-order chi connectivity index (χ0) is 13.8. The standard InChI is InChI=1S/C14H25N5/c1-5-19-8-6-12(7-9-19)18(4)13-10-11(2)16-14(15-3)17-13/h10,12H,5-9H2,1-4H3,(H,15,16,17). The molecule has 1 aromatic heterocycles. The first-order valence-electron chi connectivity index (χ1n) is 7.12. The molecule has 1 N–H and O–H groups in total. The van der Waals surface area contributed by atoms with Crippen molar-refractivity contribution in [1.29, 1.82) is 0 Å². The smallest absolute Gasteiger partial charge is 0.224 e. The average molecular weight is 263 g/mol. The van der Waals surface area contributed by atoms with E-state index in [2.05, 4.69) is 45.1 Å². The fourth-order valence-electron chi connectivity index (χ4n) is 2.65. The van der Waals surface area contributed by atoms with Crippen LogP contribution in [0.3, 0.4) is 0 Å². The number of hydrogen-bond donors (Lipinski definition) is 1. The first-order chi connectivity index (χ1) is 9.13. The minimum Gasteiger partial charge on any atom is -0.357 e. The molecule has 1 saturated heterocycles. The molecule has 1 aliphatic rings. The minimum absolute atomic E-state index is 0.585. The summed E-state index contributed by atoms with van der Waals surface area (Å²) in [7, 11) is 4.01. The Morgan fingerprint density at radius 3 is 2.63 bits per heavy atom. The third-order valence-electron chi connectivity index (χ3n) is 3.98. The molecule has 0 saturated carbocycles. The van der Waals surface area contributed by atoms with E-state index in [1.54, 1.807) is 0 Å². The fraction of sp³-hybridized carbons (Fsp3) is 0.714. The van der Waals surface area contributed by atoms with Gasteiger partial charge in [-0.3, -0.25) is 0 Å². The van der Waals surface area contributed by atoms with Gasteiger partial charge in [0.2, 0.25) is 5.95 Å². The molecule has 0 atom stereocenters. The number of aryl methyl sites for hydroxylation is 1. The molecule has 5 nitrogen and oxygen atoms in total. The molecule has 0 spiro atoms. The Labute approximate surface area is 116 Å². The van der Waals surface area contributed by atoms with Crippen LogP contribution >= 0.6 is 0 Å². The SMILES string of the molecule is CCN1CCC(N(C)c2cc(C)nc(NC)n2)CC1. The van der Waals surface area contributed by atoms with Crippen molar-refractivity contribution in [1.82, 2.24) is 14.9 Å². The summed E-state index contributed by atoms with van der Waals surface area (Å²) >= 11 is 0. The van der Waals surface area contributed by atoms with Crippen molar-refractivity contribution in [2.75, 3.05) is 43.9 Å². The number of rotatable bonds is 4. The molecule has 106 valence electrons. The quantitative estimate of drug-likeness (QED) is 0.896. The highest BCUT2D eigenvalue weighted by Gasteiger charge is 2.22. The van der Waals surface area contributed by atoms with Gasteiger partial charge in [0.1, 0.15) is 5.82 Å². The lowest BCUT2D eigenvalue weighted by molar-refractivity contribution is 0.220. The van der Waals surface area contributed by atoms with Crippen molar-refractivity contribution in [3.8, 4) is 0 Å². The van der Waals surface area contributed by atoms with E-state index in [0.717, 1.165) is 18.1 Å². The molecular formula is C14H25N5. The summed E-state index contributed by atoms with van der Waals surface area (Å²) in [6.07, 6.45) is 2.42. The summed E-state index contributed by atoms with van der Waals surface area (Å²) in [4.78, 5) is 13.7. The molecule has 2 heterocycles. The van der Waals surface area contributed by atoms with Crippen LogP contribution in [0.1, 0.15) is 25.5 Å². The van der Waals surface area contributed by atoms with Gasteiger partial charge in [0.15, 0.2) is 0 Å². The van der Waals surface area contributed by atoms with E-state index in [1.807, 2.05) is 14.0 Å². The minimum atomic E-state index is 0.585. The molecule has 0 bridgehead atoms. The van der Waals surface area contributed by atoms with E-state index >= 15 is 0 Å². The lowest BCUT2D eigenvalue weighted by Crippen LogP contribution is -2.43. The molecule has 19 heavy (non-hydrogen) atoms. The van der Waals surface area contributed by atoms with E-state index < -0.39 is 0 Å². The molecule has 2 rings (SSSR count). The zero-order valence-corrected chi connectivity index (χ0v) is 12.5. The van der Waals surface area contributed by atoms with E-state index in [4.69, 9.17) is 0 Å². The van der Waals surface area contributed by atoms with Crippen LogP contribution < -0.4 is 10.2 Å². The predicted octanol–water partition coefficient (Wildman–Crippen LogP) is 1.75. The van der Waals surface area contributed by atoms with Gasteiger partial charge >= 0.3 is 0 Å². The van der Waals surface area contributed by atoms with Gasteiger partial charge in [-0.15, -0.1) is 0 Å². The van der Waals surface area contributed by atoms with Crippen molar-refractivity contribution < 1.29 is 0 Å². The van der Waals surface area contributed by atoms with Crippen molar-refractivity contribution in [3.05, 3.63) is 11.8 Å². The third-order valence-corrected chi connectivity index (χ3v) is 3.98. The summed E-state index contributed by atoms with van der Waals surface area (Å²) in [5, 5.41) is 3.03. The van der Waals surface area contributed by atoms with Crippen molar-refractivity contribution in [2.45, 2.75) is 32.7 Å². The van der Waals surface area contributed by atoms with Crippen LogP contribution in [0, 0.1) is 6.92 Å². The first kappa shape index (κ1) is 14.1. The number of piperidine rings is 1. The summed E-state index contributed by atoms with van der Waals surface area (Å²) in [5.41, 5.74) is 1.01.